The molecule has 0 spiro atoms. The summed E-state index contributed by atoms with van der Waals surface area (Å²) < 4.78 is 7.44. The maximum Gasteiger partial charge on any atom is 0.225 e. The first-order valence-corrected chi connectivity index (χ1v) is 7.76. The highest BCUT2D eigenvalue weighted by atomic mass is 35.5. The number of rotatable bonds is 4. The van der Waals surface area contributed by atoms with Gasteiger partial charge in [-0.2, -0.15) is 5.10 Å². The van der Waals surface area contributed by atoms with E-state index < -0.39 is 0 Å². The largest absolute Gasteiger partial charge is 0.376 e. The number of carbonyl (C=O) groups excluding carboxylic acids is 1. The number of aromatic nitrogens is 2. The molecule has 0 aliphatic carbocycles. The molecule has 7 heteroatoms. The van der Waals surface area contributed by atoms with Crippen molar-refractivity contribution < 1.29 is 9.53 Å². The van der Waals surface area contributed by atoms with Crippen molar-refractivity contribution in [3.8, 4) is 0 Å². The topological polar surface area (TPSA) is 68.2 Å². The fraction of sp³-hybridized carbons (Fsp3) is 0.733. The molecule has 6 nitrogen and oxygen atoms in total. The number of hydrogen-bond acceptors (Lipinski definition) is 4. The lowest BCUT2D eigenvalue weighted by molar-refractivity contribution is -0.126. The molecule has 124 valence electrons. The summed E-state index contributed by atoms with van der Waals surface area (Å²) >= 11 is 0. The van der Waals surface area contributed by atoms with Gasteiger partial charge in [0.05, 0.1) is 24.3 Å². The summed E-state index contributed by atoms with van der Waals surface area (Å²) in [6.07, 6.45) is 6.16. The minimum atomic E-state index is -0.0296. The second-order valence-corrected chi connectivity index (χ2v) is 6.17. The molecule has 1 aromatic heterocycles. The van der Waals surface area contributed by atoms with Gasteiger partial charge in [0.1, 0.15) is 0 Å². The van der Waals surface area contributed by atoms with Crippen molar-refractivity contribution in [2.75, 3.05) is 19.7 Å². The van der Waals surface area contributed by atoms with E-state index >= 15 is 0 Å². The summed E-state index contributed by atoms with van der Waals surface area (Å²) in [6, 6.07) is 0.0788. The molecule has 2 unspecified atom stereocenters. The molecule has 0 saturated carbocycles. The van der Waals surface area contributed by atoms with Gasteiger partial charge >= 0.3 is 0 Å². The third kappa shape index (κ3) is 3.62. The summed E-state index contributed by atoms with van der Waals surface area (Å²) in [5.41, 5.74) is 1.13. The normalized spacial score (nSPS) is 29.1. The zero-order valence-corrected chi connectivity index (χ0v) is 13.9. The Morgan fingerprint density at radius 2 is 2.36 bits per heavy atom. The van der Waals surface area contributed by atoms with Crippen molar-refractivity contribution in [2.24, 2.45) is 13.0 Å². The smallest absolute Gasteiger partial charge is 0.225 e. The van der Waals surface area contributed by atoms with Crippen LogP contribution in [0, 0.1) is 5.92 Å². The second-order valence-electron chi connectivity index (χ2n) is 6.17. The Balaban J connectivity index is 0.00000176. The third-order valence-corrected chi connectivity index (χ3v) is 4.60. The Hall–Kier alpha value is -1.11. The van der Waals surface area contributed by atoms with Gasteiger partial charge < -0.3 is 15.4 Å². The van der Waals surface area contributed by atoms with Crippen LogP contribution in [0.2, 0.25) is 0 Å². The van der Waals surface area contributed by atoms with Crippen LogP contribution in [0.3, 0.4) is 0 Å². The van der Waals surface area contributed by atoms with Crippen molar-refractivity contribution in [1.29, 1.82) is 0 Å². The van der Waals surface area contributed by atoms with Crippen LogP contribution >= 0.6 is 12.4 Å². The average molecular weight is 329 g/mol. The van der Waals surface area contributed by atoms with E-state index in [9.17, 15) is 4.79 Å². The van der Waals surface area contributed by atoms with Gasteiger partial charge in [0.2, 0.25) is 5.91 Å². The van der Waals surface area contributed by atoms with Crippen molar-refractivity contribution in [2.45, 2.75) is 37.8 Å². The van der Waals surface area contributed by atoms with Gasteiger partial charge in [-0.15, -0.1) is 12.4 Å². The zero-order valence-electron chi connectivity index (χ0n) is 13.1. The van der Waals surface area contributed by atoms with Gasteiger partial charge in [-0.05, 0) is 25.3 Å². The van der Waals surface area contributed by atoms with Gasteiger partial charge in [0.15, 0.2) is 0 Å². The molecule has 2 aliphatic rings. The summed E-state index contributed by atoms with van der Waals surface area (Å²) in [4.78, 5) is 12.6. The summed E-state index contributed by atoms with van der Waals surface area (Å²) in [6.45, 7) is 4.41. The van der Waals surface area contributed by atoms with Crippen LogP contribution in [0.25, 0.3) is 0 Å². The number of hydrogen-bond donors (Lipinski definition) is 2. The summed E-state index contributed by atoms with van der Waals surface area (Å²) in [5.74, 6) is 0.297. The molecule has 2 saturated heterocycles. The second kappa shape index (κ2) is 7.44. The van der Waals surface area contributed by atoms with Crippen LogP contribution in [0.5, 0.6) is 0 Å². The van der Waals surface area contributed by atoms with E-state index in [2.05, 4.69) is 15.7 Å². The van der Waals surface area contributed by atoms with Gasteiger partial charge in [-0.25, -0.2) is 0 Å². The van der Waals surface area contributed by atoms with E-state index in [1.54, 1.807) is 4.68 Å². The highest BCUT2D eigenvalue weighted by Crippen LogP contribution is 2.28. The van der Waals surface area contributed by atoms with Gasteiger partial charge in [0.25, 0.3) is 0 Å². The Labute approximate surface area is 137 Å². The van der Waals surface area contributed by atoms with Crippen molar-refractivity contribution in [3.63, 3.8) is 0 Å². The van der Waals surface area contributed by atoms with Crippen molar-refractivity contribution in [3.05, 3.63) is 18.0 Å². The lowest BCUT2D eigenvalue weighted by Gasteiger charge is -2.23. The summed E-state index contributed by atoms with van der Waals surface area (Å²) in [7, 11) is 1.90. The predicted octanol–water partition coefficient (Wildman–Crippen LogP) is 0.829. The number of nitrogens with zero attached hydrogens (tertiary/aromatic N) is 2. The number of nitrogens with one attached hydrogen (secondary N) is 2. The molecule has 1 aromatic rings. The molecular formula is C15H25ClN4O2. The Morgan fingerprint density at radius 1 is 1.55 bits per heavy atom. The number of amides is 1. The minimum Gasteiger partial charge on any atom is -0.376 e. The molecular weight excluding hydrogens is 304 g/mol. The fourth-order valence-corrected chi connectivity index (χ4v) is 3.36. The maximum atomic E-state index is 12.6. The fourth-order valence-electron chi connectivity index (χ4n) is 3.36. The molecule has 22 heavy (non-hydrogen) atoms. The molecule has 3 heterocycles. The summed E-state index contributed by atoms with van der Waals surface area (Å²) in [5, 5.41) is 10.7. The van der Waals surface area contributed by atoms with Crippen LogP contribution < -0.4 is 10.6 Å². The van der Waals surface area contributed by atoms with E-state index in [-0.39, 0.29) is 42.3 Å². The molecule has 4 atom stereocenters. The molecule has 1 amide bonds. The lowest BCUT2D eigenvalue weighted by Crippen LogP contribution is -2.45. The average Bonchev–Trinajstić information content (AvgIpc) is 3.19. The first-order chi connectivity index (χ1) is 10.1. The van der Waals surface area contributed by atoms with E-state index in [1.807, 2.05) is 26.4 Å². The third-order valence-electron chi connectivity index (χ3n) is 4.60. The zero-order chi connectivity index (χ0) is 14.8. The van der Waals surface area contributed by atoms with Crippen LogP contribution in [0.4, 0.5) is 0 Å². The Kier molecular flexibility index (Phi) is 5.83. The van der Waals surface area contributed by atoms with Gasteiger partial charge in [0, 0.05) is 38.9 Å². The molecule has 0 bridgehead atoms. The SMILES string of the molecule is CC(NC(=O)[C@H]1CNC[C@@H]1c1cnn(C)c1)C1CCCO1.Cl. The van der Waals surface area contributed by atoms with Crippen LogP contribution in [-0.4, -0.2) is 47.5 Å². The van der Waals surface area contributed by atoms with E-state index in [0.717, 1.165) is 38.1 Å². The highest BCUT2D eigenvalue weighted by Gasteiger charge is 2.36. The number of aryl methyl sites for hydroxylation is 1. The molecule has 3 rings (SSSR count). The molecule has 0 radical (unpaired) electrons. The van der Waals surface area contributed by atoms with Crippen molar-refractivity contribution in [1.82, 2.24) is 20.4 Å². The van der Waals surface area contributed by atoms with E-state index in [1.165, 1.54) is 0 Å². The number of carbonyl (C=O) groups is 1. The number of ether oxygens (including phenoxy) is 1. The van der Waals surface area contributed by atoms with Crippen LogP contribution in [0.15, 0.2) is 12.4 Å². The molecule has 2 aliphatic heterocycles. The quantitative estimate of drug-likeness (QED) is 0.859. The Bertz CT molecular complexity index is 501. The lowest BCUT2D eigenvalue weighted by atomic mass is 9.90. The molecule has 0 aromatic carbocycles. The van der Waals surface area contributed by atoms with Crippen molar-refractivity contribution >= 4 is 18.3 Å². The minimum absolute atomic E-state index is 0. The van der Waals surface area contributed by atoms with Gasteiger partial charge in [-0.3, -0.25) is 9.48 Å². The standard InChI is InChI=1S/C15H24N4O2.ClH/c1-10(14-4-3-5-21-14)18-15(20)13-8-16-7-12(13)11-6-17-19(2)9-11;/h6,9-10,12-14,16H,3-5,7-8H2,1-2H3,(H,18,20);1H/t10?,12-,13+,14?;/m1./s1. The molecule has 2 fully saturated rings. The van der Waals surface area contributed by atoms with E-state index in [4.69, 9.17) is 4.74 Å². The predicted molar refractivity (Wildman–Crippen MR) is 86.1 cm³/mol. The monoisotopic (exact) mass is 328 g/mol. The first kappa shape index (κ1) is 17.2. The van der Waals surface area contributed by atoms with Crippen LogP contribution in [-0.2, 0) is 16.6 Å². The van der Waals surface area contributed by atoms with Gasteiger partial charge in [-0.1, -0.05) is 0 Å². The van der Waals surface area contributed by atoms with Crippen LogP contribution in [0.1, 0.15) is 31.2 Å². The Morgan fingerprint density at radius 3 is 3.00 bits per heavy atom. The first-order valence-electron chi connectivity index (χ1n) is 7.76. The highest BCUT2D eigenvalue weighted by molar-refractivity contribution is 5.85. The maximum absolute atomic E-state index is 12.6. The van der Waals surface area contributed by atoms with E-state index in [0.29, 0.717) is 0 Å². The number of halogens is 1. The molecule has 2 N–H and O–H groups in total.